The average Bonchev–Trinajstić information content (AvgIpc) is 3.57. The van der Waals surface area contributed by atoms with Crippen LogP contribution in [0.1, 0.15) is 31.8 Å². The summed E-state index contributed by atoms with van der Waals surface area (Å²) in [4.78, 5) is 28.6. The predicted octanol–water partition coefficient (Wildman–Crippen LogP) is 4.04. The molecule has 0 aromatic heterocycles. The van der Waals surface area contributed by atoms with Gasteiger partial charge in [-0.05, 0) is 54.8 Å². The molecule has 0 saturated carbocycles. The topological polar surface area (TPSA) is 209 Å². The maximum absolute atomic E-state index is 13.0. The molecule has 2 aliphatic rings. The van der Waals surface area contributed by atoms with Gasteiger partial charge in [-0.1, -0.05) is 24.3 Å². The Kier molecular flexibility index (Phi) is 10.4. The minimum atomic E-state index is -3.81. The zero-order valence-corrected chi connectivity index (χ0v) is 31.1. The number of nitriles is 2. The van der Waals surface area contributed by atoms with Crippen molar-refractivity contribution in [2.24, 2.45) is 0 Å². The van der Waals surface area contributed by atoms with Gasteiger partial charge in [0.2, 0.25) is 0 Å². The molecule has 0 bridgehead atoms. The monoisotopic (exact) mass is 780 g/mol. The van der Waals surface area contributed by atoms with E-state index in [-0.39, 0.29) is 48.4 Å². The van der Waals surface area contributed by atoms with E-state index in [0.717, 1.165) is 17.2 Å². The molecule has 0 atom stereocenters. The summed E-state index contributed by atoms with van der Waals surface area (Å²) < 4.78 is 83.5. The lowest BCUT2D eigenvalue weighted by Crippen LogP contribution is -2.30. The largest absolute Gasteiger partial charge is 0.494 e. The van der Waals surface area contributed by atoms with Crippen LogP contribution in [0, 0.1) is 22.7 Å². The third-order valence-corrected chi connectivity index (χ3v) is 13.0. The second-order valence-corrected chi connectivity index (χ2v) is 17.9. The summed E-state index contributed by atoms with van der Waals surface area (Å²) in [5.41, 5.74) is 0.769. The molecule has 6 rings (SSSR count). The Bertz CT molecular complexity index is 2580. The lowest BCUT2D eigenvalue weighted by molar-refractivity contribution is 0.0983. The number of rotatable bonds is 6. The van der Waals surface area contributed by atoms with E-state index in [1.807, 2.05) is 12.3 Å². The van der Waals surface area contributed by atoms with E-state index in [9.17, 15) is 45.4 Å². The third kappa shape index (κ3) is 6.93. The van der Waals surface area contributed by atoms with E-state index in [1.165, 1.54) is 61.2 Å². The first-order valence-electron chi connectivity index (χ1n) is 14.8. The molecule has 4 aromatic carbocycles. The number of nitrogens with zero attached hydrogens (tertiary/aromatic N) is 4. The minimum absolute atomic E-state index is 0.0238. The molecule has 0 radical (unpaired) electrons. The van der Waals surface area contributed by atoms with Crippen molar-refractivity contribution in [3.05, 3.63) is 95.1 Å². The van der Waals surface area contributed by atoms with Gasteiger partial charge in [-0.3, -0.25) is 19.4 Å². The number of hydrogen-bond donors (Lipinski definition) is 0. The SMILES string of the molecule is COc1c(C#N)cc(C(=O)N2CS(=O)(=O)c3ccccc32)cc1S(C)(=O)=O.COc1c(C#N)cc(C(=O)N2CS(=O)(=O)c3ccccc32)cc1SC. The smallest absolute Gasteiger partial charge is 0.259 e. The molecule has 0 unspecified atom stereocenters. The van der Waals surface area contributed by atoms with Crippen LogP contribution in [0.4, 0.5) is 11.4 Å². The standard InChI is InChI=1S/C17H14N2O6S2.C17H14N2O4S2/c1-25-16-12(9-18)7-11(8-15(16)26(2,21)22)17(20)19-10-27(23,24)14-6-4-3-5-13(14)19;1-23-16-12(9-18)7-11(8-14(16)24-2)17(20)19-10-25(21,22)15-6-4-3-5-13(15)19/h3-8H,10H2,1-2H3;3-8H,10H2,1-2H3. The molecule has 0 aliphatic carbocycles. The van der Waals surface area contributed by atoms with Crippen LogP contribution < -0.4 is 19.3 Å². The number of methoxy groups -OCH3 is 2. The van der Waals surface area contributed by atoms with Gasteiger partial charge in [-0.25, -0.2) is 25.3 Å². The van der Waals surface area contributed by atoms with Crippen LogP contribution in [0.5, 0.6) is 11.5 Å². The normalized spacial score (nSPS) is 14.9. The zero-order valence-electron chi connectivity index (χ0n) is 27.8. The first kappa shape index (κ1) is 37.8. The van der Waals surface area contributed by atoms with Crippen LogP contribution >= 0.6 is 11.8 Å². The number of fused-ring (bicyclic) bond motifs is 2. The van der Waals surface area contributed by atoms with Crippen LogP contribution in [0.15, 0.2) is 92.4 Å². The van der Waals surface area contributed by atoms with Crippen molar-refractivity contribution in [1.82, 2.24) is 0 Å². The van der Waals surface area contributed by atoms with Crippen molar-refractivity contribution in [3.63, 3.8) is 0 Å². The fourth-order valence-corrected chi connectivity index (χ4v) is 10.1. The van der Waals surface area contributed by atoms with Gasteiger partial charge in [0, 0.05) is 17.4 Å². The Morgan fingerprint density at radius 2 is 1.15 bits per heavy atom. The van der Waals surface area contributed by atoms with Gasteiger partial charge in [0.05, 0.1) is 51.4 Å². The van der Waals surface area contributed by atoms with Crippen LogP contribution in [0.3, 0.4) is 0 Å². The van der Waals surface area contributed by atoms with Gasteiger partial charge < -0.3 is 9.47 Å². The number of benzene rings is 4. The summed E-state index contributed by atoms with van der Waals surface area (Å²) >= 11 is 1.34. The lowest BCUT2D eigenvalue weighted by Gasteiger charge is -2.17. The molecule has 14 nitrogen and oxygen atoms in total. The molecule has 0 saturated heterocycles. The summed E-state index contributed by atoms with van der Waals surface area (Å²) in [6.07, 6.45) is 2.73. The Morgan fingerprint density at radius 1 is 0.731 bits per heavy atom. The summed E-state index contributed by atoms with van der Waals surface area (Å²) in [6.45, 7) is 0. The van der Waals surface area contributed by atoms with Gasteiger partial charge in [-0.2, -0.15) is 10.5 Å². The van der Waals surface area contributed by atoms with E-state index in [4.69, 9.17) is 9.47 Å². The van der Waals surface area contributed by atoms with Crippen molar-refractivity contribution in [3.8, 4) is 23.6 Å². The van der Waals surface area contributed by atoms with Crippen LogP contribution in [0.25, 0.3) is 0 Å². The second kappa shape index (κ2) is 14.3. The number of thioether (sulfide) groups is 1. The summed E-state index contributed by atoms with van der Waals surface area (Å²) in [6, 6.07) is 21.5. The van der Waals surface area contributed by atoms with Gasteiger partial charge in [-0.15, -0.1) is 11.8 Å². The van der Waals surface area contributed by atoms with Gasteiger partial charge in [0.25, 0.3) is 11.8 Å². The average molecular weight is 781 g/mol. The highest BCUT2D eigenvalue weighted by atomic mass is 32.2. The van der Waals surface area contributed by atoms with Crippen LogP contribution in [-0.2, 0) is 29.5 Å². The first-order chi connectivity index (χ1) is 24.5. The van der Waals surface area contributed by atoms with Crippen molar-refractivity contribution in [2.75, 3.05) is 48.3 Å². The number of carbonyl (C=O) groups excluding carboxylic acids is 2. The quantitative estimate of drug-likeness (QED) is 0.253. The molecule has 2 aliphatic heterocycles. The summed E-state index contributed by atoms with van der Waals surface area (Å²) in [5.74, 6) is -1.93. The molecule has 0 fully saturated rings. The van der Waals surface area contributed by atoms with Crippen molar-refractivity contribution < 1.29 is 44.3 Å². The molecule has 0 spiro atoms. The fourth-order valence-electron chi connectivity index (χ4n) is 5.62. The van der Waals surface area contributed by atoms with Crippen molar-refractivity contribution >= 4 is 64.5 Å². The van der Waals surface area contributed by atoms with Gasteiger partial charge in [0.1, 0.15) is 34.5 Å². The number of anilines is 2. The molecular formula is C34H28N4O10S4. The molecule has 2 amide bonds. The number of sulfone groups is 3. The summed E-state index contributed by atoms with van der Waals surface area (Å²) in [7, 11) is -8.35. The third-order valence-electron chi connectivity index (χ3n) is 7.94. The fraction of sp³-hybridized carbons (Fsp3) is 0.176. The zero-order chi connectivity index (χ0) is 38.2. The molecule has 52 heavy (non-hydrogen) atoms. The number of ether oxygens (including phenoxy) is 2. The van der Waals surface area contributed by atoms with E-state index in [2.05, 4.69) is 0 Å². The van der Waals surface area contributed by atoms with Crippen LogP contribution in [0.2, 0.25) is 0 Å². The number of amides is 2. The Hall–Kier alpha value is -5.40. The van der Waals surface area contributed by atoms with E-state index >= 15 is 0 Å². The number of carbonyl (C=O) groups is 2. The second-order valence-electron chi connectivity index (χ2n) is 11.2. The minimum Gasteiger partial charge on any atom is -0.494 e. The maximum atomic E-state index is 13.0. The van der Waals surface area contributed by atoms with Crippen molar-refractivity contribution in [2.45, 2.75) is 19.6 Å². The van der Waals surface area contributed by atoms with E-state index in [0.29, 0.717) is 16.3 Å². The highest BCUT2D eigenvalue weighted by molar-refractivity contribution is 7.98. The maximum Gasteiger partial charge on any atom is 0.259 e. The van der Waals surface area contributed by atoms with Gasteiger partial charge >= 0.3 is 0 Å². The lowest BCUT2D eigenvalue weighted by atomic mass is 10.1. The predicted molar refractivity (Wildman–Crippen MR) is 191 cm³/mol. The number of para-hydroxylation sites is 2. The first-order valence-corrected chi connectivity index (χ1v) is 21.2. The van der Waals surface area contributed by atoms with Crippen LogP contribution in [-0.4, -0.2) is 75.6 Å². The van der Waals surface area contributed by atoms with Crippen molar-refractivity contribution in [1.29, 1.82) is 10.5 Å². The Morgan fingerprint density at radius 3 is 1.56 bits per heavy atom. The highest BCUT2D eigenvalue weighted by Gasteiger charge is 2.38. The molecule has 18 heteroatoms. The van der Waals surface area contributed by atoms with E-state index < -0.39 is 53.1 Å². The van der Waals surface area contributed by atoms with E-state index in [1.54, 1.807) is 42.5 Å². The molecule has 268 valence electrons. The highest BCUT2D eigenvalue weighted by Crippen LogP contribution is 2.38. The Labute approximate surface area is 304 Å². The van der Waals surface area contributed by atoms with Gasteiger partial charge in [0.15, 0.2) is 35.3 Å². The molecular weight excluding hydrogens is 753 g/mol. The Balaban J connectivity index is 0.000000202. The number of hydrogen-bond acceptors (Lipinski definition) is 13. The molecule has 4 aromatic rings. The summed E-state index contributed by atoms with van der Waals surface area (Å²) in [5, 5.41) is 18.6. The molecule has 0 N–H and O–H groups in total. The molecule has 2 heterocycles.